The predicted molar refractivity (Wildman–Crippen MR) is 65.2 cm³/mol. The van der Waals surface area contributed by atoms with E-state index in [1.54, 1.807) is 12.1 Å². The molecule has 1 nitrogen and oxygen atoms in total. The molecule has 0 spiro atoms. The molecule has 1 saturated carbocycles. The second-order valence-corrected chi connectivity index (χ2v) is 4.93. The second-order valence-electron chi connectivity index (χ2n) is 4.52. The van der Waals surface area contributed by atoms with Gasteiger partial charge in [0.05, 0.1) is 0 Å². The molecule has 3 heteroatoms. The zero-order valence-corrected chi connectivity index (χ0v) is 10.0. The van der Waals surface area contributed by atoms with Gasteiger partial charge >= 0.3 is 0 Å². The molecule has 0 aliphatic heterocycles. The van der Waals surface area contributed by atoms with Crippen molar-refractivity contribution in [3.05, 3.63) is 34.6 Å². The van der Waals surface area contributed by atoms with Crippen molar-refractivity contribution in [2.24, 2.45) is 11.7 Å². The van der Waals surface area contributed by atoms with Crippen LogP contribution >= 0.6 is 11.6 Å². The lowest BCUT2D eigenvalue weighted by Gasteiger charge is -2.23. The van der Waals surface area contributed by atoms with E-state index in [2.05, 4.69) is 0 Å². The molecule has 1 unspecified atom stereocenters. The second kappa shape index (κ2) is 5.15. The highest BCUT2D eigenvalue weighted by molar-refractivity contribution is 6.31. The first-order chi connectivity index (χ1) is 7.74. The summed E-state index contributed by atoms with van der Waals surface area (Å²) in [5, 5.41) is 0.516. The molecule has 1 aromatic rings. The summed E-state index contributed by atoms with van der Waals surface area (Å²) in [4.78, 5) is 0. The number of hydrogen-bond donors (Lipinski definition) is 1. The predicted octanol–water partition coefficient (Wildman–Crippen LogP) is 3.71. The molecule has 1 aliphatic rings. The minimum absolute atomic E-state index is 0.0798. The van der Waals surface area contributed by atoms with Crippen LogP contribution < -0.4 is 5.73 Å². The molecule has 0 aromatic heterocycles. The monoisotopic (exact) mass is 241 g/mol. The number of benzene rings is 1. The highest BCUT2D eigenvalue weighted by Gasteiger charge is 2.28. The fraction of sp³-hybridized carbons (Fsp3) is 0.538. The van der Waals surface area contributed by atoms with Crippen LogP contribution in [0.4, 0.5) is 4.39 Å². The van der Waals surface area contributed by atoms with Crippen LogP contribution in [0, 0.1) is 11.7 Å². The van der Waals surface area contributed by atoms with Crippen molar-refractivity contribution in [1.29, 1.82) is 0 Å². The summed E-state index contributed by atoms with van der Waals surface area (Å²) in [6.07, 6.45) is 4.75. The summed E-state index contributed by atoms with van der Waals surface area (Å²) in [5.74, 6) is 0.366. The van der Waals surface area contributed by atoms with E-state index in [1.165, 1.54) is 18.9 Å². The molecule has 1 aliphatic carbocycles. The van der Waals surface area contributed by atoms with E-state index in [-0.39, 0.29) is 11.7 Å². The summed E-state index contributed by atoms with van der Waals surface area (Å²) in [6.45, 7) is 0.478. The molecule has 88 valence electrons. The first kappa shape index (κ1) is 11.9. The highest BCUT2D eigenvalue weighted by atomic mass is 35.5. The van der Waals surface area contributed by atoms with Crippen LogP contribution in [0.2, 0.25) is 5.02 Å². The van der Waals surface area contributed by atoms with Crippen LogP contribution in [-0.4, -0.2) is 6.54 Å². The Morgan fingerprint density at radius 3 is 2.62 bits per heavy atom. The third kappa shape index (κ3) is 2.23. The van der Waals surface area contributed by atoms with Crippen LogP contribution in [0.5, 0.6) is 0 Å². The smallest absolute Gasteiger partial charge is 0.128 e. The van der Waals surface area contributed by atoms with Gasteiger partial charge in [-0.2, -0.15) is 0 Å². The van der Waals surface area contributed by atoms with Crippen LogP contribution in [-0.2, 0) is 0 Å². The lowest BCUT2D eigenvalue weighted by atomic mass is 9.84. The Balaban J connectivity index is 2.32. The van der Waals surface area contributed by atoms with E-state index in [4.69, 9.17) is 17.3 Å². The molecular weight excluding hydrogens is 225 g/mol. The number of nitrogens with two attached hydrogens (primary N) is 1. The third-order valence-corrected chi connectivity index (χ3v) is 3.92. The number of rotatable bonds is 3. The lowest BCUT2D eigenvalue weighted by Crippen LogP contribution is -2.21. The van der Waals surface area contributed by atoms with Gasteiger partial charge in [0.1, 0.15) is 5.82 Å². The Morgan fingerprint density at radius 1 is 1.38 bits per heavy atom. The largest absolute Gasteiger partial charge is 0.330 e. The van der Waals surface area contributed by atoms with E-state index in [9.17, 15) is 4.39 Å². The molecule has 2 N–H and O–H groups in total. The summed E-state index contributed by atoms with van der Waals surface area (Å²) >= 11 is 6.09. The Bertz CT molecular complexity index is 341. The highest BCUT2D eigenvalue weighted by Crippen LogP contribution is 2.40. The molecule has 1 atom stereocenters. The molecule has 0 amide bonds. The maximum Gasteiger partial charge on any atom is 0.128 e. The van der Waals surface area contributed by atoms with Gasteiger partial charge in [0, 0.05) is 16.5 Å². The maximum absolute atomic E-state index is 13.8. The minimum Gasteiger partial charge on any atom is -0.330 e. The fourth-order valence-electron chi connectivity index (χ4n) is 2.77. The first-order valence-corrected chi connectivity index (χ1v) is 6.25. The number of halogens is 2. The molecule has 0 bridgehead atoms. The van der Waals surface area contributed by atoms with Crippen molar-refractivity contribution in [2.45, 2.75) is 31.6 Å². The SMILES string of the molecule is NCC(c1c(F)cccc1Cl)C1CCCC1. The van der Waals surface area contributed by atoms with Crippen molar-refractivity contribution < 1.29 is 4.39 Å². The van der Waals surface area contributed by atoms with E-state index in [1.807, 2.05) is 0 Å². The van der Waals surface area contributed by atoms with Crippen molar-refractivity contribution in [3.8, 4) is 0 Å². The zero-order chi connectivity index (χ0) is 11.5. The Labute approximate surface area is 101 Å². The first-order valence-electron chi connectivity index (χ1n) is 5.88. The molecule has 2 rings (SSSR count). The zero-order valence-electron chi connectivity index (χ0n) is 9.26. The molecule has 1 fully saturated rings. The molecule has 0 heterocycles. The average molecular weight is 242 g/mol. The van der Waals surface area contributed by atoms with Gasteiger partial charge in [0.15, 0.2) is 0 Å². The quantitative estimate of drug-likeness (QED) is 0.858. The Morgan fingerprint density at radius 2 is 2.06 bits per heavy atom. The van der Waals surface area contributed by atoms with Crippen LogP contribution in [0.25, 0.3) is 0 Å². The van der Waals surface area contributed by atoms with E-state index in [0.29, 0.717) is 23.0 Å². The van der Waals surface area contributed by atoms with E-state index < -0.39 is 0 Å². The van der Waals surface area contributed by atoms with Crippen LogP contribution in [0.3, 0.4) is 0 Å². The fourth-order valence-corrected chi connectivity index (χ4v) is 3.07. The normalized spacial score (nSPS) is 18.9. The van der Waals surface area contributed by atoms with Gasteiger partial charge in [0.25, 0.3) is 0 Å². The van der Waals surface area contributed by atoms with E-state index >= 15 is 0 Å². The van der Waals surface area contributed by atoms with Gasteiger partial charge in [-0.3, -0.25) is 0 Å². The van der Waals surface area contributed by atoms with Gasteiger partial charge in [-0.05, 0) is 37.4 Å². The summed E-state index contributed by atoms with van der Waals surface area (Å²) < 4.78 is 13.8. The molecule has 0 radical (unpaired) electrons. The van der Waals surface area contributed by atoms with Crippen molar-refractivity contribution in [2.75, 3.05) is 6.54 Å². The Kier molecular flexibility index (Phi) is 3.82. The van der Waals surface area contributed by atoms with Crippen molar-refractivity contribution in [3.63, 3.8) is 0 Å². The molecule has 16 heavy (non-hydrogen) atoms. The van der Waals surface area contributed by atoms with Gasteiger partial charge in [0.2, 0.25) is 0 Å². The molecule has 0 saturated heterocycles. The van der Waals surface area contributed by atoms with Gasteiger partial charge in [-0.15, -0.1) is 0 Å². The summed E-state index contributed by atoms with van der Waals surface area (Å²) in [7, 11) is 0. The average Bonchev–Trinajstić information content (AvgIpc) is 2.77. The van der Waals surface area contributed by atoms with Gasteiger partial charge in [-0.25, -0.2) is 4.39 Å². The maximum atomic E-state index is 13.8. The number of hydrogen-bond acceptors (Lipinski definition) is 1. The Hall–Kier alpha value is -0.600. The molecular formula is C13H17ClFN. The van der Waals surface area contributed by atoms with Gasteiger partial charge < -0.3 is 5.73 Å². The molecule has 1 aromatic carbocycles. The van der Waals surface area contributed by atoms with Crippen molar-refractivity contribution in [1.82, 2.24) is 0 Å². The third-order valence-electron chi connectivity index (χ3n) is 3.59. The minimum atomic E-state index is -0.213. The van der Waals surface area contributed by atoms with Crippen molar-refractivity contribution >= 4 is 11.6 Å². The van der Waals surface area contributed by atoms with E-state index in [0.717, 1.165) is 12.8 Å². The summed E-state index contributed by atoms with van der Waals surface area (Å²) in [6, 6.07) is 4.86. The van der Waals surface area contributed by atoms with Crippen LogP contribution in [0.15, 0.2) is 18.2 Å². The summed E-state index contributed by atoms with van der Waals surface area (Å²) in [5.41, 5.74) is 6.42. The van der Waals surface area contributed by atoms with Gasteiger partial charge in [-0.1, -0.05) is 30.5 Å². The standard InChI is InChI=1S/C13H17ClFN/c14-11-6-3-7-12(15)13(11)10(8-16)9-4-1-2-5-9/h3,6-7,9-10H,1-2,4-5,8,16H2. The lowest BCUT2D eigenvalue weighted by molar-refractivity contribution is 0.425. The van der Waals surface area contributed by atoms with Crippen LogP contribution in [0.1, 0.15) is 37.2 Å². The topological polar surface area (TPSA) is 26.0 Å².